The summed E-state index contributed by atoms with van der Waals surface area (Å²) >= 11 is 5.68. The van der Waals surface area contributed by atoms with Crippen LogP contribution in [-0.2, 0) is 0 Å². The lowest BCUT2D eigenvalue weighted by molar-refractivity contribution is 0.0961. The minimum Gasteiger partial charge on any atom is -0.459 e. The van der Waals surface area contributed by atoms with Crippen molar-refractivity contribution in [3.05, 3.63) is 53.2 Å². The number of amides is 1. The number of furan rings is 1. The van der Waals surface area contributed by atoms with Gasteiger partial charge in [0.1, 0.15) is 5.82 Å². The number of hydrogen-bond donors (Lipinski definition) is 0. The van der Waals surface area contributed by atoms with Crippen LogP contribution >= 0.6 is 11.6 Å². The molecule has 0 aliphatic carbocycles. The second-order valence-corrected chi connectivity index (χ2v) is 4.06. The highest BCUT2D eigenvalue weighted by Crippen LogP contribution is 2.24. The van der Waals surface area contributed by atoms with Crippen LogP contribution in [0.4, 0.5) is 10.1 Å². The number of carbonyl (C=O) groups excluding carboxylic acids is 1. The lowest BCUT2D eigenvalue weighted by Crippen LogP contribution is -2.31. The van der Waals surface area contributed by atoms with E-state index in [9.17, 15) is 9.18 Å². The Morgan fingerprint density at radius 1 is 1.44 bits per heavy atom. The molecule has 0 aliphatic rings. The monoisotopic (exact) mass is 267 g/mol. The van der Waals surface area contributed by atoms with Crippen LogP contribution in [0.1, 0.15) is 17.5 Å². The van der Waals surface area contributed by atoms with Crippen molar-refractivity contribution >= 4 is 23.2 Å². The Hall–Kier alpha value is -1.81. The van der Waals surface area contributed by atoms with Gasteiger partial charge >= 0.3 is 0 Å². The van der Waals surface area contributed by atoms with Crippen LogP contribution < -0.4 is 4.90 Å². The zero-order chi connectivity index (χ0) is 13.1. The first-order valence-corrected chi connectivity index (χ1v) is 5.81. The molecule has 0 saturated carbocycles. The molecule has 0 saturated heterocycles. The van der Waals surface area contributed by atoms with E-state index in [1.807, 2.05) is 0 Å². The van der Waals surface area contributed by atoms with Crippen LogP contribution in [0.15, 0.2) is 41.0 Å². The van der Waals surface area contributed by atoms with E-state index < -0.39 is 5.82 Å². The van der Waals surface area contributed by atoms with Gasteiger partial charge < -0.3 is 9.32 Å². The third-order valence-corrected chi connectivity index (χ3v) is 2.73. The van der Waals surface area contributed by atoms with E-state index in [1.54, 1.807) is 19.1 Å². The Labute approximate surface area is 109 Å². The van der Waals surface area contributed by atoms with Gasteiger partial charge in [0, 0.05) is 11.6 Å². The zero-order valence-electron chi connectivity index (χ0n) is 9.69. The average Bonchev–Trinajstić information content (AvgIpc) is 2.86. The zero-order valence-corrected chi connectivity index (χ0v) is 10.4. The molecule has 0 unspecified atom stereocenters. The molecule has 5 heteroatoms. The van der Waals surface area contributed by atoms with Crippen molar-refractivity contribution in [3.8, 4) is 0 Å². The fourth-order valence-electron chi connectivity index (χ4n) is 1.66. The van der Waals surface area contributed by atoms with Crippen molar-refractivity contribution in [2.45, 2.75) is 6.92 Å². The molecule has 18 heavy (non-hydrogen) atoms. The molecule has 1 aromatic heterocycles. The maximum atomic E-state index is 13.8. The third-order valence-electron chi connectivity index (χ3n) is 2.49. The van der Waals surface area contributed by atoms with Gasteiger partial charge in [-0.05, 0) is 37.3 Å². The van der Waals surface area contributed by atoms with Crippen LogP contribution in [0.5, 0.6) is 0 Å². The molecule has 94 valence electrons. The molecule has 1 heterocycles. The lowest BCUT2D eigenvalue weighted by Gasteiger charge is -2.20. The molecule has 0 spiro atoms. The van der Waals surface area contributed by atoms with E-state index in [0.717, 1.165) is 0 Å². The molecule has 1 amide bonds. The molecule has 2 rings (SSSR count). The van der Waals surface area contributed by atoms with Crippen molar-refractivity contribution in [2.24, 2.45) is 0 Å². The molecule has 0 N–H and O–H groups in total. The lowest BCUT2D eigenvalue weighted by atomic mass is 10.2. The summed E-state index contributed by atoms with van der Waals surface area (Å²) in [7, 11) is 0. The molecular weight excluding hydrogens is 257 g/mol. The predicted octanol–water partition coefficient (Wildman–Crippen LogP) is 3.74. The van der Waals surface area contributed by atoms with E-state index in [4.69, 9.17) is 16.0 Å². The average molecular weight is 268 g/mol. The topological polar surface area (TPSA) is 33.5 Å². The van der Waals surface area contributed by atoms with Crippen molar-refractivity contribution < 1.29 is 13.6 Å². The molecule has 0 bridgehead atoms. The van der Waals surface area contributed by atoms with Crippen LogP contribution in [-0.4, -0.2) is 12.5 Å². The molecule has 0 radical (unpaired) electrons. The molecule has 2 aromatic rings. The van der Waals surface area contributed by atoms with E-state index in [2.05, 4.69) is 0 Å². The van der Waals surface area contributed by atoms with Crippen molar-refractivity contribution in [3.63, 3.8) is 0 Å². The van der Waals surface area contributed by atoms with Gasteiger partial charge in [0.25, 0.3) is 5.91 Å². The summed E-state index contributed by atoms with van der Waals surface area (Å²) in [6.45, 7) is 2.09. The Bertz CT molecular complexity index is 554. The number of halogens is 2. The summed E-state index contributed by atoms with van der Waals surface area (Å²) in [4.78, 5) is 13.4. The predicted molar refractivity (Wildman–Crippen MR) is 67.5 cm³/mol. The minimum absolute atomic E-state index is 0.172. The van der Waals surface area contributed by atoms with Gasteiger partial charge in [-0.2, -0.15) is 0 Å². The standard InChI is InChI=1S/C13H11ClFNO2/c1-2-16(13(17)12-4-3-7-18-12)11-6-5-9(14)8-10(11)15/h3-8H,2H2,1H3. The number of rotatable bonds is 3. The first-order chi connectivity index (χ1) is 8.63. The Balaban J connectivity index is 2.36. The summed E-state index contributed by atoms with van der Waals surface area (Å²) < 4.78 is 18.8. The number of nitrogens with zero attached hydrogens (tertiary/aromatic N) is 1. The number of anilines is 1. The Morgan fingerprint density at radius 3 is 2.78 bits per heavy atom. The van der Waals surface area contributed by atoms with Gasteiger partial charge in [-0.25, -0.2) is 4.39 Å². The van der Waals surface area contributed by atoms with Crippen molar-refractivity contribution in [1.82, 2.24) is 0 Å². The highest BCUT2D eigenvalue weighted by molar-refractivity contribution is 6.30. The Kier molecular flexibility index (Phi) is 3.67. The summed E-state index contributed by atoms with van der Waals surface area (Å²) in [5.41, 5.74) is 0.184. The normalized spacial score (nSPS) is 10.4. The van der Waals surface area contributed by atoms with E-state index in [0.29, 0.717) is 6.54 Å². The van der Waals surface area contributed by atoms with Gasteiger partial charge in [-0.1, -0.05) is 11.6 Å². The molecule has 3 nitrogen and oxygen atoms in total. The molecule has 0 aliphatic heterocycles. The fourth-order valence-corrected chi connectivity index (χ4v) is 1.82. The quantitative estimate of drug-likeness (QED) is 0.849. The Morgan fingerprint density at radius 2 is 2.22 bits per heavy atom. The molecular formula is C13H11ClFNO2. The fraction of sp³-hybridized carbons (Fsp3) is 0.154. The van der Waals surface area contributed by atoms with Gasteiger partial charge in [0.15, 0.2) is 5.76 Å². The van der Waals surface area contributed by atoms with E-state index in [1.165, 1.54) is 29.4 Å². The third kappa shape index (κ3) is 2.38. The molecule has 0 atom stereocenters. The highest BCUT2D eigenvalue weighted by atomic mass is 35.5. The second kappa shape index (κ2) is 5.23. The number of carbonyl (C=O) groups is 1. The maximum absolute atomic E-state index is 13.8. The SMILES string of the molecule is CCN(C(=O)c1ccco1)c1ccc(Cl)cc1F. The highest BCUT2D eigenvalue weighted by Gasteiger charge is 2.21. The van der Waals surface area contributed by atoms with Crippen LogP contribution in [0, 0.1) is 5.82 Å². The summed E-state index contributed by atoms with van der Waals surface area (Å²) in [6, 6.07) is 7.34. The molecule has 1 aromatic carbocycles. The van der Waals surface area contributed by atoms with Crippen LogP contribution in [0.25, 0.3) is 0 Å². The van der Waals surface area contributed by atoms with Crippen molar-refractivity contribution in [1.29, 1.82) is 0 Å². The minimum atomic E-state index is -0.538. The number of hydrogen-bond acceptors (Lipinski definition) is 2. The molecule has 0 fully saturated rings. The smallest absolute Gasteiger partial charge is 0.294 e. The van der Waals surface area contributed by atoms with Gasteiger partial charge in [0.05, 0.1) is 12.0 Å². The van der Waals surface area contributed by atoms with Crippen molar-refractivity contribution in [2.75, 3.05) is 11.4 Å². The van der Waals surface area contributed by atoms with Crippen LogP contribution in [0.2, 0.25) is 5.02 Å². The summed E-state index contributed by atoms with van der Waals surface area (Å²) in [5, 5.41) is 0.290. The number of benzene rings is 1. The van der Waals surface area contributed by atoms with E-state index >= 15 is 0 Å². The van der Waals surface area contributed by atoms with E-state index in [-0.39, 0.29) is 22.4 Å². The first kappa shape index (κ1) is 12.6. The maximum Gasteiger partial charge on any atom is 0.294 e. The van der Waals surface area contributed by atoms with Crippen LogP contribution in [0.3, 0.4) is 0 Å². The second-order valence-electron chi connectivity index (χ2n) is 3.62. The van der Waals surface area contributed by atoms with Gasteiger partial charge in [-0.15, -0.1) is 0 Å². The summed E-state index contributed by atoms with van der Waals surface area (Å²) in [5.74, 6) is -0.751. The first-order valence-electron chi connectivity index (χ1n) is 5.44. The largest absolute Gasteiger partial charge is 0.459 e. The van der Waals surface area contributed by atoms with Gasteiger partial charge in [-0.3, -0.25) is 4.79 Å². The summed E-state index contributed by atoms with van der Waals surface area (Å²) in [6.07, 6.45) is 1.40. The van der Waals surface area contributed by atoms with Gasteiger partial charge in [0.2, 0.25) is 0 Å².